The van der Waals surface area contributed by atoms with Crippen molar-refractivity contribution in [3.63, 3.8) is 0 Å². The van der Waals surface area contributed by atoms with Crippen LogP contribution in [0, 0.1) is 12.7 Å². The fourth-order valence-corrected chi connectivity index (χ4v) is 3.67. The van der Waals surface area contributed by atoms with Gasteiger partial charge in [0, 0.05) is 11.7 Å². The molecule has 0 aliphatic rings. The lowest BCUT2D eigenvalue weighted by Crippen LogP contribution is -2.30. The average molecular weight is 443 g/mol. The number of aryl methyl sites for hydroxylation is 2. The van der Waals surface area contributed by atoms with E-state index in [1.807, 2.05) is 30.3 Å². The predicted molar refractivity (Wildman–Crippen MR) is 119 cm³/mol. The molecule has 0 aliphatic carbocycles. The van der Waals surface area contributed by atoms with Crippen molar-refractivity contribution in [3.05, 3.63) is 119 Å². The molecule has 2 nitrogen and oxygen atoms in total. The van der Waals surface area contributed by atoms with E-state index in [0.717, 1.165) is 28.8 Å². The smallest absolute Gasteiger partial charge is 0.401 e. The Hall–Kier alpha value is -3.12. The van der Waals surface area contributed by atoms with Crippen LogP contribution in [0.4, 0.5) is 17.6 Å². The third kappa shape index (κ3) is 5.98. The second-order valence-corrected chi connectivity index (χ2v) is 7.88. The molecule has 3 aromatic rings. The Bertz CT molecular complexity index is 1040. The first-order valence-electron chi connectivity index (χ1n) is 10.3. The Balaban J connectivity index is 1.85. The molecule has 0 unspecified atom stereocenters. The molecule has 32 heavy (non-hydrogen) atoms. The molecule has 0 radical (unpaired) electrons. The van der Waals surface area contributed by atoms with Crippen molar-refractivity contribution in [2.24, 2.45) is 5.73 Å². The van der Waals surface area contributed by atoms with Crippen molar-refractivity contribution in [3.8, 4) is 0 Å². The summed E-state index contributed by atoms with van der Waals surface area (Å²) < 4.78 is 52.4. The van der Waals surface area contributed by atoms with Crippen LogP contribution in [0.25, 0.3) is 0 Å². The largest absolute Gasteiger partial charge is 0.416 e. The van der Waals surface area contributed by atoms with Crippen molar-refractivity contribution in [2.75, 3.05) is 0 Å². The summed E-state index contributed by atoms with van der Waals surface area (Å²) in [7, 11) is 0. The van der Waals surface area contributed by atoms with E-state index in [2.05, 4.69) is 11.9 Å². The Morgan fingerprint density at radius 1 is 0.969 bits per heavy atom. The topological polar surface area (TPSA) is 38.0 Å². The maximum Gasteiger partial charge on any atom is 0.416 e. The quantitative estimate of drug-likeness (QED) is 0.384. The summed E-state index contributed by atoms with van der Waals surface area (Å²) in [6, 6.07) is 19.1. The lowest BCUT2D eigenvalue weighted by Gasteiger charge is -2.27. The molecule has 6 heteroatoms. The van der Waals surface area contributed by atoms with Crippen LogP contribution in [-0.4, -0.2) is 0 Å². The van der Waals surface area contributed by atoms with E-state index < -0.39 is 11.7 Å². The zero-order valence-corrected chi connectivity index (χ0v) is 17.8. The van der Waals surface area contributed by atoms with Gasteiger partial charge in [-0.3, -0.25) is 5.32 Å². The van der Waals surface area contributed by atoms with E-state index >= 15 is 0 Å². The molecule has 3 N–H and O–H groups in total. The van der Waals surface area contributed by atoms with Gasteiger partial charge in [0.15, 0.2) is 0 Å². The molecule has 0 fully saturated rings. The summed E-state index contributed by atoms with van der Waals surface area (Å²) in [6.45, 7) is 5.61. The van der Waals surface area contributed by atoms with Gasteiger partial charge in [-0.1, -0.05) is 61.2 Å². The first kappa shape index (κ1) is 23.5. The molecule has 168 valence electrons. The van der Waals surface area contributed by atoms with Crippen molar-refractivity contribution in [1.29, 1.82) is 0 Å². The molecule has 0 aliphatic heterocycles. The summed E-state index contributed by atoms with van der Waals surface area (Å²) in [5.74, 6) is -0.293. The summed E-state index contributed by atoms with van der Waals surface area (Å²) in [5, 5.41) is 3.51. The highest BCUT2D eigenvalue weighted by Gasteiger charge is 2.30. The van der Waals surface area contributed by atoms with Crippen molar-refractivity contribution >= 4 is 0 Å². The number of rotatable bonds is 8. The molecular formula is C26H26F4N2. The van der Waals surface area contributed by atoms with Crippen LogP contribution >= 0.6 is 0 Å². The zero-order valence-electron chi connectivity index (χ0n) is 17.8. The SMILES string of the molecule is C=C(N)[C@H](N[C@H](CCc1ccc(C(F)(F)F)cc1)c1ccc(F)c(C)c1)c1ccccc1. The van der Waals surface area contributed by atoms with E-state index in [0.29, 0.717) is 24.1 Å². The van der Waals surface area contributed by atoms with E-state index in [1.165, 1.54) is 18.2 Å². The summed E-state index contributed by atoms with van der Waals surface area (Å²) in [6.07, 6.45) is -3.25. The van der Waals surface area contributed by atoms with E-state index in [-0.39, 0.29) is 17.9 Å². The van der Waals surface area contributed by atoms with E-state index in [4.69, 9.17) is 5.73 Å². The second kappa shape index (κ2) is 10.0. The van der Waals surface area contributed by atoms with Crippen molar-refractivity contribution in [2.45, 2.75) is 38.0 Å². The predicted octanol–water partition coefficient (Wildman–Crippen LogP) is 6.63. The van der Waals surface area contributed by atoms with E-state index in [9.17, 15) is 17.6 Å². The van der Waals surface area contributed by atoms with Gasteiger partial charge in [0.1, 0.15) is 5.82 Å². The lowest BCUT2D eigenvalue weighted by atomic mass is 9.94. The average Bonchev–Trinajstić information content (AvgIpc) is 2.76. The van der Waals surface area contributed by atoms with Crippen LogP contribution < -0.4 is 11.1 Å². The monoisotopic (exact) mass is 442 g/mol. The minimum absolute atomic E-state index is 0.220. The minimum atomic E-state index is -4.36. The van der Waals surface area contributed by atoms with Crippen LogP contribution in [0.15, 0.2) is 85.1 Å². The fourth-order valence-electron chi connectivity index (χ4n) is 3.67. The second-order valence-electron chi connectivity index (χ2n) is 7.88. The molecule has 3 rings (SSSR count). The number of nitrogens with two attached hydrogens (primary N) is 1. The molecule has 2 atom stereocenters. The van der Waals surface area contributed by atoms with Crippen LogP contribution in [0.2, 0.25) is 0 Å². The van der Waals surface area contributed by atoms with E-state index in [1.54, 1.807) is 19.1 Å². The van der Waals surface area contributed by atoms with Gasteiger partial charge in [0.25, 0.3) is 0 Å². The Labute approximate surface area is 185 Å². The molecule has 0 heterocycles. The first-order valence-corrected chi connectivity index (χ1v) is 10.3. The Morgan fingerprint density at radius 2 is 1.62 bits per heavy atom. The molecule has 0 amide bonds. The Morgan fingerprint density at radius 3 is 2.19 bits per heavy atom. The summed E-state index contributed by atoms with van der Waals surface area (Å²) in [4.78, 5) is 0. The zero-order chi connectivity index (χ0) is 23.3. The third-order valence-corrected chi connectivity index (χ3v) is 5.46. The highest BCUT2D eigenvalue weighted by molar-refractivity contribution is 5.31. The number of nitrogens with one attached hydrogen (secondary N) is 1. The molecule has 0 aromatic heterocycles. The fraction of sp³-hybridized carbons (Fsp3) is 0.231. The maximum absolute atomic E-state index is 13.9. The molecule has 0 spiro atoms. The summed E-state index contributed by atoms with van der Waals surface area (Å²) >= 11 is 0. The Kier molecular flexibility index (Phi) is 7.36. The van der Waals surface area contributed by atoms with Gasteiger partial charge in [0.2, 0.25) is 0 Å². The number of hydrogen-bond acceptors (Lipinski definition) is 2. The highest BCUT2D eigenvalue weighted by Crippen LogP contribution is 2.30. The van der Waals surface area contributed by atoms with Gasteiger partial charge in [0.05, 0.1) is 11.6 Å². The van der Waals surface area contributed by atoms with Crippen LogP contribution in [-0.2, 0) is 12.6 Å². The van der Waals surface area contributed by atoms with Gasteiger partial charge >= 0.3 is 6.18 Å². The van der Waals surface area contributed by atoms with Gasteiger partial charge in [-0.25, -0.2) is 4.39 Å². The normalized spacial score (nSPS) is 13.5. The number of hydrogen-bond donors (Lipinski definition) is 2. The van der Waals surface area contributed by atoms with Crippen molar-refractivity contribution < 1.29 is 17.6 Å². The van der Waals surface area contributed by atoms with Crippen LogP contribution in [0.1, 0.15) is 46.3 Å². The number of alkyl halides is 3. The standard InChI is InChI=1S/C26H26F4N2/c1-17-16-21(11-14-23(17)27)24(32-25(18(2)31)20-6-4-3-5-7-20)15-10-19-8-12-22(13-9-19)26(28,29)30/h3-9,11-14,16,24-25,32H,2,10,15,31H2,1H3/t24-,25+/m1/s1. The molecular weight excluding hydrogens is 416 g/mol. The lowest BCUT2D eigenvalue weighted by molar-refractivity contribution is -0.137. The molecule has 0 saturated carbocycles. The first-order chi connectivity index (χ1) is 15.1. The minimum Gasteiger partial charge on any atom is -0.401 e. The van der Waals surface area contributed by atoms with Gasteiger partial charge < -0.3 is 5.73 Å². The number of benzene rings is 3. The van der Waals surface area contributed by atoms with Crippen LogP contribution in [0.3, 0.4) is 0 Å². The molecule has 0 saturated heterocycles. The third-order valence-electron chi connectivity index (χ3n) is 5.46. The van der Waals surface area contributed by atoms with Gasteiger partial charge in [-0.05, 0) is 60.2 Å². The highest BCUT2D eigenvalue weighted by atomic mass is 19.4. The van der Waals surface area contributed by atoms with Gasteiger partial charge in [-0.2, -0.15) is 13.2 Å². The summed E-state index contributed by atoms with van der Waals surface area (Å²) in [5.41, 5.74) is 8.98. The molecule has 3 aromatic carbocycles. The maximum atomic E-state index is 13.9. The van der Waals surface area contributed by atoms with Crippen LogP contribution in [0.5, 0.6) is 0 Å². The molecule has 0 bridgehead atoms. The van der Waals surface area contributed by atoms with Crippen molar-refractivity contribution in [1.82, 2.24) is 5.32 Å². The van der Waals surface area contributed by atoms with Gasteiger partial charge in [-0.15, -0.1) is 0 Å². The number of halogens is 4.